The molecule has 1 atom stereocenters. The van der Waals surface area contributed by atoms with Gasteiger partial charge in [-0.15, -0.1) is 11.3 Å². The van der Waals surface area contributed by atoms with Crippen LogP contribution in [0.4, 0.5) is 5.13 Å². The summed E-state index contributed by atoms with van der Waals surface area (Å²) >= 11 is 1.58. The lowest BCUT2D eigenvalue weighted by atomic mass is 9.98. The van der Waals surface area contributed by atoms with Gasteiger partial charge in [0.05, 0.1) is 45.9 Å². The molecule has 162 valence electrons. The Hall–Kier alpha value is -3.26. The zero-order chi connectivity index (χ0) is 22.0. The fourth-order valence-corrected chi connectivity index (χ4v) is 4.45. The highest BCUT2D eigenvalue weighted by Gasteiger charge is 2.33. The normalized spacial score (nSPS) is 15.6. The summed E-state index contributed by atoms with van der Waals surface area (Å²) < 4.78 is 21.9. The SMILES string of the molecule is COc1ccc(C2=NN(c3nc(C)cs3)[C@@H](c3cc(OC)c(OC)c(OC)c3)C2)cc1. The van der Waals surface area contributed by atoms with Gasteiger partial charge in [0.2, 0.25) is 10.9 Å². The summed E-state index contributed by atoms with van der Waals surface area (Å²) in [7, 11) is 6.51. The predicted octanol–water partition coefficient (Wildman–Crippen LogP) is 4.84. The third kappa shape index (κ3) is 4.03. The van der Waals surface area contributed by atoms with Gasteiger partial charge in [0, 0.05) is 11.8 Å². The molecule has 1 aliphatic heterocycles. The second-order valence-corrected chi connectivity index (χ2v) is 7.91. The van der Waals surface area contributed by atoms with E-state index in [4.69, 9.17) is 24.0 Å². The number of aryl methyl sites for hydroxylation is 1. The topological polar surface area (TPSA) is 65.4 Å². The van der Waals surface area contributed by atoms with Gasteiger partial charge in [0.1, 0.15) is 5.75 Å². The molecular formula is C23H25N3O4S. The van der Waals surface area contributed by atoms with E-state index in [0.717, 1.165) is 33.4 Å². The van der Waals surface area contributed by atoms with Crippen LogP contribution in [0, 0.1) is 6.92 Å². The van der Waals surface area contributed by atoms with Crippen LogP contribution in [0.5, 0.6) is 23.0 Å². The molecular weight excluding hydrogens is 414 g/mol. The van der Waals surface area contributed by atoms with Crippen LogP contribution in [0.2, 0.25) is 0 Å². The summed E-state index contributed by atoms with van der Waals surface area (Å²) in [5, 5.41) is 9.81. The molecule has 31 heavy (non-hydrogen) atoms. The van der Waals surface area contributed by atoms with Gasteiger partial charge in [0.25, 0.3) is 0 Å². The van der Waals surface area contributed by atoms with Crippen molar-refractivity contribution in [2.24, 2.45) is 5.10 Å². The third-order valence-electron chi connectivity index (χ3n) is 5.21. The van der Waals surface area contributed by atoms with E-state index >= 15 is 0 Å². The monoisotopic (exact) mass is 439 g/mol. The van der Waals surface area contributed by atoms with E-state index in [1.54, 1.807) is 39.8 Å². The smallest absolute Gasteiger partial charge is 0.206 e. The Morgan fingerprint density at radius 1 is 0.935 bits per heavy atom. The standard InChI is InChI=1S/C23H25N3O4S/c1-14-13-31-23(24-14)26-19(12-18(25-26)15-6-8-17(27-2)9-7-15)16-10-20(28-3)22(30-5)21(11-16)29-4/h6-11,13,19H,12H2,1-5H3/t19-/m1/s1. The number of benzene rings is 2. The fourth-order valence-electron chi connectivity index (χ4n) is 3.64. The number of methoxy groups -OCH3 is 4. The van der Waals surface area contributed by atoms with Crippen molar-refractivity contribution in [1.29, 1.82) is 0 Å². The first kappa shape index (κ1) is 21.0. The van der Waals surface area contributed by atoms with E-state index in [1.165, 1.54) is 0 Å². The number of nitrogens with zero attached hydrogens (tertiary/aromatic N) is 3. The quantitative estimate of drug-likeness (QED) is 0.525. The number of ether oxygens (including phenoxy) is 4. The maximum absolute atomic E-state index is 5.57. The number of thiazole rings is 1. The van der Waals surface area contributed by atoms with Crippen molar-refractivity contribution in [3.05, 3.63) is 58.6 Å². The van der Waals surface area contributed by atoms with E-state index in [2.05, 4.69) is 4.98 Å². The minimum absolute atomic E-state index is 0.0589. The van der Waals surface area contributed by atoms with E-state index in [0.29, 0.717) is 23.7 Å². The van der Waals surface area contributed by atoms with Gasteiger partial charge >= 0.3 is 0 Å². The van der Waals surface area contributed by atoms with Crippen molar-refractivity contribution in [3.63, 3.8) is 0 Å². The van der Waals surface area contributed by atoms with E-state index < -0.39 is 0 Å². The summed E-state index contributed by atoms with van der Waals surface area (Å²) in [5.74, 6) is 2.62. The molecule has 2 aromatic carbocycles. The number of aromatic nitrogens is 1. The van der Waals surface area contributed by atoms with Gasteiger partial charge in [-0.25, -0.2) is 9.99 Å². The van der Waals surface area contributed by atoms with Crippen LogP contribution in [0.25, 0.3) is 0 Å². The predicted molar refractivity (Wildman–Crippen MR) is 122 cm³/mol. The molecule has 1 aromatic heterocycles. The first-order valence-electron chi connectivity index (χ1n) is 9.81. The van der Waals surface area contributed by atoms with Crippen molar-refractivity contribution < 1.29 is 18.9 Å². The lowest BCUT2D eigenvalue weighted by Crippen LogP contribution is -2.18. The Balaban J connectivity index is 1.77. The summed E-state index contributed by atoms with van der Waals surface area (Å²) in [6.45, 7) is 1.98. The molecule has 0 spiro atoms. The highest BCUT2D eigenvalue weighted by Crippen LogP contribution is 2.44. The van der Waals surface area contributed by atoms with Gasteiger partial charge < -0.3 is 18.9 Å². The molecule has 2 heterocycles. The van der Waals surface area contributed by atoms with Crippen LogP contribution >= 0.6 is 11.3 Å². The minimum atomic E-state index is -0.0589. The zero-order valence-corrected chi connectivity index (χ0v) is 19.0. The lowest BCUT2D eigenvalue weighted by molar-refractivity contribution is 0.323. The average Bonchev–Trinajstić information content (AvgIpc) is 3.44. The minimum Gasteiger partial charge on any atom is -0.497 e. The molecule has 0 amide bonds. The summed E-state index contributed by atoms with van der Waals surface area (Å²) in [6.07, 6.45) is 0.712. The van der Waals surface area contributed by atoms with E-state index in [9.17, 15) is 0 Å². The molecule has 0 bridgehead atoms. The average molecular weight is 440 g/mol. The second kappa shape index (κ2) is 8.85. The van der Waals surface area contributed by atoms with Crippen LogP contribution in [0.1, 0.15) is 29.3 Å². The Morgan fingerprint density at radius 3 is 2.13 bits per heavy atom. The molecule has 0 saturated carbocycles. The van der Waals surface area contributed by atoms with Crippen molar-refractivity contribution in [2.45, 2.75) is 19.4 Å². The van der Waals surface area contributed by atoms with Gasteiger partial charge in [-0.1, -0.05) is 0 Å². The van der Waals surface area contributed by atoms with Crippen LogP contribution in [-0.2, 0) is 0 Å². The highest BCUT2D eigenvalue weighted by molar-refractivity contribution is 7.13. The number of anilines is 1. The molecule has 3 aromatic rings. The third-order valence-corrected chi connectivity index (χ3v) is 6.16. The molecule has 8 heteroatoms. The number of rotatable bonds is 7. The van der Waals surface area contributed by atoms with E-state index in [1.807, 2.05) is 53.7 Å². The molecule has 0 radical (unpaired) electrons. The number of hydrogen-bond donors (Lipinski definition) is 0. The van der Waals surface area contributed by atoms with E-state index in [-0.39, 0.29) is 6.04 Å². The first-order chi connectivity index (χ1) is 15.1. The number of hydrazone groups is 1. The van der Waals surface area contributed by atoms with Crippen LogP contribution in [0.15, 0.2) is 46.9 Å². The lowest BCUT2D eigenvalue weighted by Gasteiger charge is -2.23. The van der Waals surface area contributed by atoms with Gasteiger partial charge in [-0.05, 0) is 54.4 Å². The number of hydrogen-bond acceptors (Lipinski definition) is 8. The molecule has 7 nitrogen and oxygen atoms in total. The molecule has 0 unspecified atom stereocenters. The van der Waals surface area contributed by atoms with Crippen LogP contribution in [0.3, 0.4) is 0 Å². The summed E-state index contributed by atoms with van der Waals surface area (Å²) in [6, 6.07) is 11.8. The Morgan fingerprint density at radius 2 is 1.61 bits per heavy atom. The van der Waals surface area contributed by atoms with Crippen molar-refractivity contribution in [1.82, 2.24) is 4.98 Å². The molecule has 1 aliphatic rings. The van der Waals surface area contributed by atoms with Crippen LogP contribution < -0.4 is 24.0 Å². The van der Waals surface area contributed by atoms with Crippen molar-refractivity contribution in [2.75, 3.05) is 33.4 Å². The molecule has 4 rings (SSSR count). The largest absolute Gasteiger partial charge is 0.497 e. The van der Waals surface area contributed by atoms with Crippen molar-refractivity contribution >= 4 is 22.2 Å². The first-order valence-corrected chi connectivity index (χ1v) is 10.7. The second-order valence-electron chi connectivity index (χ2n) is 7.07. The Bertz CT molecular complexity index is 1070. The Labute approximate surface area is 185 Å². The zero-order valence-electron chi connectivity index (χ0n) is 18.2. The molecule has 0 aliphatic carbocycles. The maximum Gasteiger partial charge on any atom is 0.206 e. The molecule has 0 N–H and O–H groups in total. The van der Waals surface area contributed by atoms with Gasteiger partial charge in [0.15, 0.2) is 11.5 Å². The highest BCUT2D eigenvalue weighted by atomic mass is 32.1. The maximum atomic E-state index is 5.57. The van der Waals surface area contributed by atoms with Gasteiger partial charge in [-0.2, -0.15) is 5.10 Å². The fraction of sp³-hybridized carbons (Fsp3) is 0.304. The molecule has 0 saturated heterocycles. The summed E-state index contributed by atoms with van der Waals surface area (Å²) in [4.78, 5) is 4.67. The Kier molecular flexibility index (Phi) is 5.99. The van der Waals surface area contributed by atoms with Gasteiger partial charge in [-0.3, -0.25) is 0 Å². The molecule has 0 fully saturated rings. The van der Waals surface area contributed by atoms with Crippen LogP contribution in [-0.4, -0.2) is 39.1 Å². The van der Waals surface area contributed by atoms with Crippen molar-refractivity contribution in [3.8, 4) is 23.0 Å². The summed E-state index contributed by atoms with van der Waals surface area (Å²) in [5.41, 5.74) is 4.01.